The zero-order chi connectivity index (χ0) is 22.0. The van der Waals surface area contributed by atoms with Crippen LogP contribution in [0.25, 0.3) is 5.69 Å². The Morgan fingerprint density at radius 1 is 1.10 bits per heavy atom. The Hall–Kier alpha value is -3.75. The second-order valence-electron chi connectivity index (χ2n) is 6.93. The zero-order valence-electron chi connectivity index (χ0n) is 16.2. The lowest BCUT2D eigenvalue weighted by Gasteiger charge is -2.17. The molecule has 1 unspecified atom stereocenters. The number of aryl methyl sites for hydroxylation is 2. The Kier molecular flexibility index (Phi) is 5.81. The predicted octanol–water partition coefficient (Wildman–Crippen LogP) is 3.01. The first kappa shape index (κ1) is 21.0. The van der Waals surface area contributed by atoms with Gasteiger partial charge in [-0.3, -0.25) is 19.5 Å². The third-order valence-electron chi connectivity index (χ3n) is 4.60. The third kappa shape index (κ3) is 4.45. The number of carbonyl (C=O) groups is 2. The van der Waals surface area contributed by atoms with E-state index in [2.05, 4.69) is 10.4 Å². The van der Waals surface area contributed by atoms with E-state index in [0.717, 1.165) is 29.3 Å². The van der Waals surface area contributed by atoms with Gasteiger partial charge in [-0.2, -0.15) is 0 Å². The first-order chi connectivity index (χ1) is 14.2. The van der Waals surface area contributed by atoms with Gasteiger partial charge in [0.15, 0.2) is 11.6 Å². The molecule has 0 spiro atoms. The van der Waals surface area contributed by atoms with Crippen LogP contribution < -0.4 is 10.9 Å². The molecule has 0 radical (unpaired) electrons. The van der Waals surface area contributed by atoms with Crippen molar-refractivity contribution in [1.29, 1.82) is 0 Å². The summed E-state index contributed by atoms with van der Waals surface area (Å²) >= 11 is 0. The Morgan fingerprint density at radius 2 is 1.83 bits per heavy atom. The summed E-state index contributed by atoms with van der Waals surface area (Å²) in [7, 11) is 0. The average Bonchev–Trinajstić information content (AvgIpc) is 3.06. The number of aliphatic carboxylic acids is 1. The molecule has 0 aliphatic carbocycles. The molecule has 0 fully saturated rings. The molecule has 3 rings (SSSR count). The maximum Gasteiger partial charge on any atom is 0.305 e. The van der Waals surface area contributed by atoms with E-state index >= 15 is 0 Å². The average molecular weight is 415 g/mol. The van der Waals surface area contributed by atoms with Crippen LogP contribution >= 0.6 is 0 Å². The predicted molar refractivity (Wildman–Crippen MR) is 105 cm³/mol. The first-order valence-electron chi connectivity index (χ1n) is 9.03. The lowest BCUT2D eigenvalue weighted by molar-refractivity contribution is -0.137. The van der Waals surface area contributed by atoms with Gasteiger partial charge in [-0.25, -0.2) is 13.5 Å². The van der Waals surface area contributed by atoms with Crippen molar-refractivity contribution in [2.45, 2.75) is 26.3 Å². The summed E-state index contributed by atoms with van der Waals surface area (Å²) in [6.07, 6.45) is -0.557. The van der Waals surface area contributed by atoms with Crippen LogP contribution in [0.5, 0.6) is 0 Å². The van der Waals surface area contributed by atoms with Crippen molar-refractivity contribution >= 4 is 11.9 Å². The van der Waals surface area contributed by atoms with Crippen molar-refractivity contribution in [2.75, 3.05) is 0 Å². The maximum absolute atomic E-state index is 13.6. The van der Waals surface area contributed by atoms with E-state index in [9.17, 15) is 23.2 Å². The van der Waals surface area contributed by atoms with Gasteiger partial charge in [0.1, 0.15) is 5.69 Å². The summed E-state index contributed by atoms with van der Waals surface area (Å²) in [5.74, 6) is -4.25. The highest BCUT2D eigenvalue weighted by Gasteiger charge is 2.22. The van der Waals surface area contributed by atoms with Crippen LogP contribution in [-0.2, 0) is 4.79 Å². The summed E-state index contributed by atoms with van der Waals surface area (Å²) in [6.45, 7) is 3.68. The number of rotatable bonds is 6. The molecule has 2 aromatic carbocycles. The topological polar surface area (TPSA) is 104 Å². The SMILES string of the molecule is Cc1ccc(C)c(-n2[nH]c(C(=O)NC(CC(=O)O)c3ccc(F)c(F)c3)cc2=O)c1. The summed E-state index contributed by atoms with van der Waals surface area (Å²) < 4.78 is 28.0. The number of hydrogen-bond donors (Lipinski definition) is 3. The lowest BCUT2D eigenvalue weighted by atomic mass is 10.0. The molecule has 1 amide bonds. The van der Waals surface area contributed by atoms with Gasteiger partial charge in [-0.1, -0.05) is 18.2 Å². The van der Waals surface area contributed by atoms with Crippen molar-refractivity contribution in [3.05, 3.63) is 86.8 Å². The molecule has 0 aliphatic rings. The number of nitrogens with one attached hydrogen (secondary N) is 2. The van der Waals surface area contributed by atoms with Crippen LogP contribution in [0, 0.1) is 25.5 Å². The number of aromatic amines is 1. The number of nitrogens with zero attached hydrogens (tertiary/aromatic N) is 1. The molecule has 0 saturated heterocycles. The van der Waals surface area contributed by atoms with Gasteiger partial charge in [0.2, 0.25) is 0 Å². The maximum atomic E-state index is 13.6. The van der Waals surface area contributed by atoms with Gasteiger partial charge >= 0.3 is 5.97 Å². The number of hydrogen-bond acceptors (Lipinski definition) is 3. The normalized spacial score (nSPS) is 11.9. The van der Waals surface area contributed by atoms with Crippen molar-refractivity contribution in [3.8, 4) is 5.69 Å². The van der Waals surface area contributed by atoms with E-state index in [4.69, 9.17) is 5.11 Å². The second-order valence-corrected chi connectivity index (χ2v) is 6.93. The molecular formula is C21H19F2N3O4. The highest BCUT2D eigenvalue weighted by atomic mass is 19.2. The van der Waals surface area contributed by atoms with E-state index in [1.54, 1.807) is 6.07 Å². The molecular weight excluding hydrogens is 396 g/mol. The van der Waals surface area contributed by atoms with E-state index in [1.165, 1.54) is 10.7 Å². The van der Waals surface area contributed by atoms with Gasteiger partial charge < -0.3 is 10.4 Å². The quantitative estimate of drug-likeness (QED) is 0.576. The number of amides is 1. The fourth-order valence-corrected chi connectivity index (χ4v) is 3.04. The van der Waals surface area contributed by atoms with Crippen LogP contribution in [0.2, 0.25) is 0 Å². The van der Waals surface area contributed by atoms with Crippen molar-refractivity contribution in [2.24, 2.45) is 0 Å². The van der Waals surface area contributed by atoms with Crippen LogP contribution in [0.4, 0.5) is 8.78 Å². The molecule has 9 heteroatoms. The number of carboxylic acid groups (broad SMARTS) is 1. The molecule has 3 N–H and O–H groups in total. The van der Waals surface area contributed by atoms with Crippen molar-refractivity contribution in [1.82, 2.24) is 15.1 Å². The fourth-order valence-electron chi connectivity index (χ4n) is 3.04. The highest BCUT2D eigenvalue weighted by Crippen LogP contribution is 2.20. The first-order valence-corrected chi connectivity index (χ1v) is 9.03. The number of aromatic nitrogens is 2. The Morgan fingerprint density at radius 3 is 2.50 bits per heavy atom. The molecule has 1 atom stereocenters. The minimum Gasteiger partial charge on any atom is -0.481 e. The van der Waals surface area contributed by atoms with Crippen LogP contribution in [-0.4, -0.2) is 26.8 Å². The van der Waals surface area contributed by atoms with E-state index in [0.29, 0.717) is 5.69 Å². The number of halogens is 2. The monoisotopic (exact) mass is 415 g/mol. The molecule has 156 valence electrons. The van der Waals surface area contributed by atoms with E-state index < -0.39 is 41.5 Å². The molecule has 30 heavy (non-hydrogen) atoms. The van der Waals surface area contributed by atoms with Gasteiger partial charge in [0.05, 0.1) is 18.2 Å². The zero-order valence-corrected chi connectivity index (χ0v) is 16.2. The Balaban J connectivity index is 1.91. The van der Waals surface area contributed by atoms with Crippen LogP contribution in [0.1, 0.15) is 39.6 Å². The molecule has 7 nitrogen and oxygen atoms in total. The Bertz CT molecular complexity index is 1180. The molecule has 0 saturated carbocycles. The fraction of sp³-hybridized carbons (Fsp3) is 0.190. The molecule has 0 bridgehead atoms. The summed E-state index contributed by atoms with van der Waals surface area (Å²) in [5, 5.41) is 14.3. The van der Waals surface area contributed by atoms with Gasteiger partial charge in [-0.15, -0.1) is 0 Å². The number of carboxylic acids is 1. The minimum atomic E-state index is -1.24. The smallest absolute Gasteiger partial charge is 0.305 e. The third-order valence-corrected chi connectivity index (χ3v) is 4.60. The second kappa shape index (κ2) is 8.32. The summed E-state index contributed by atoms with van der Waals surface area (Å²) in [4.78, 5) is 36.2. The summed E-state index contributed by atoms with van der Waals surface area (Å²) in [5.41, 5.74) is 1.81. The molecule has 1 aromatic heterocycles. The lowest BCUT2D eigenvalue weighted by Crippen LogP contribution is -2.30. The van der Waals surface area contributed by atoms with Crippen molar-refractivity contribution < 1.29 is 23.5 Å². The van der Waals surface area contributed by atoms with Gasteiger partial charge in [0, 0.05) is 6.07 Å². The minimum absolute atomic E-state index is 0.0842. The number of H-pyrrole nitrogens is 1. The standard InChI is InChI=1S/C21H19F2N3O4/c1-11-3-4-12(2)18(7-11)26-19(27)9-17(25-26)21(30)24-16(10-20(28)29)13-5-6-14(22)15(23)8-13/h3-9,16,25H,10H2,1-2H3,(H,24,30)(H,28,29). The molecule has 0 aliphatic heterocycles. The highest BCUT2D eigenvalue weighted by molar-refractivity contribution is 5.92. The van der Waals surface area contributed by atoms with E-state index in [1.807, 2.05) is 26.0 Å². The number of carbonyl (C=O) groups excluding carboxylic acids is 1. The number of benzene rings is 2. The molecule has 1 heterocycles. The molecule has 3 aromatic rings. The Labute approximate surface area is 170 Å². The van der Waals surface area contributed by atoms with Crippen LogP contribution in [0.3, 0.4) is 0 Å². The van der Waals surface area contributed by atoms with Crippen molar-refractivity contribution in [3.63, 3.8) is 0 Å². The van der Waals surface area contributed by atoms with E-state index in [-0.39, 0.29) is 11.3 Å². The van der Waals surface area contributed by atoms with Gasteiger partial charge in [0.25, 0.3) is 11.5 Å². The summed E-state index contributed by atoms with van der Waals surface area (Å²) in [6, 6.07) is 8.33. The largest absolute Gasteiger partial charge is 0.481 e. The van der Waals surface area contributed by atoms with Crippen LogP contribution in [0.15, 0.2) is 47.3 Å². The van der Waals surface area contributed by atoms with Gasteiger partial charge in [-0.05, 0) is 48.7 Å².